The zero-order valence-electron chi connectivity index (χ0n) is 14.1. The van der Waals surface area contributed by atoms with E-state index in [4.69, 9.17) is 0 Å². The van der Waals surface area contributed by atoms with Crippen LogP contribution in [0.15, 0.2) is 36.8 Å². The van der Waals surface area contributed by atoms with E-state index in [0.29, 0.717) is 17.1 Å². The number of nitrogens with zero attached hydrogens (tertiary/aromatic N) is 4. The second kappa shape index (κ2) is 6.41. The molecule has 0 spiro atoms. The molecule has 0 saturated carbocycles. The average molecular weight is 363 g/mol. The van der Waals surface area contributed by atoms with Gasteiger partial charge in [-0.3, -0.25) is 0 Å². The molecular formula is C16H18FN5O2S. The maximum Gasteiger partial charge on any atom is 0.209 e. The van der Waals surface area contributed by atoms with Gasteiger partial charge in [-0.15, -0.1) is 0 Å². The van der Waals surface area contributed by atoms with Gasteiger partial charge in [-0.05, 0) is 17.7 Å². The number of halogens is 1. The highest BCUT2D eigenvalue weighted by Crippen LogP contribution is 2.27. The predicted molar refractivity (Wildman–Crippen MR) is 94.7 cm³/mol. The van der Waals surface area contributed by atoms with Gasteiger partial charge in [0.1, 0.15) is 17.2 Å². The maximum absolute atomic E-state index is 14.5. The molecule has 9 heteroatoms. The second-order valence-corrected chi connectivity index (χ2v) is 7.66. The molecule has 25 heavy (non-hydrogen) atoms. The summed E-state index contributed by atoms with van der Waals surface area (Å²) < 4.78 is 40.9. The Bertz CT molecular complexity index is 1030. The van der Waals surface area contributed by atoms with Crippen LogP contribution in [0.2, 0.25) is 0 Å². The van der Waals surface area contributed by atoms with Gasteiger partial charge in [0.25, 0.3) is 0 Å². The van der Waals surface area contributed by atoms with E-state index in [0.717, 1.165) is 17.3 Å². The summed E-state index contributed by atoms with van der Waals surface area (Å²) in [5.41, 5.74) is 2.54. The Kier molecular flexibility index (Phi) is 4.44. The number of fused-ring (bicyclic) bond motifs is 1. The Morgan fingerprint density at radius 3 is 2.72 bits per heavy atom. The quantitative estimate of drug-likeness (QED) is 0.749. The number of aromatic nitrogens is 3. The van der Waals surface area contributed by atoms with Gasteiger partial charge >= 0.3 is 0 Å². The third-order valence-corrected chi connectivity index (χ3v) is 4.52. The van der Waals surface area contributed by atoms with Gasteiger partial charge in [-0.2, -0.15) is 0 Å². The van der Waals surface area contributed by atoms with Gasteiger partial charge in [0.15, 0.2) is 0 Å². The highest BCUT2D eigenvalue weighted by Gasteiger charge is 2.13. The first-order valence-corrected chi connectivity index (χ1v) is 9.37. The molecule has 0 aliphatic carbocycles. The largest absolute Gasteiger partial charge is 0.334 e. The summed E-state index contributed by atoms with van der Waals surface area (Å²) in [6.07, 6.45) is 4.40. The number of benzene rings is 1. The van der Waals surface area contributed by atoms with Crippen LogP contribution in [-0.2, 0) is 23.6 Å². The molecule has 0 saturated heterocycles. The van der Waals surface area contributed by atoms with Gasteiger partial charge in [0.05, 0.1) is 30.0 Å². The number of hydrogen-bond donors (Lipinski definition) is 1. The number of imidazole rings is 1. The molecule has 0 bridgehead atoms. The normalized spacial score (nSPS) is 11.8. The molecule has 3 aromatic rings. The van der Waals surface area contributed by atoms with Crippen molar-refractivity contribution >= 4 is 32.6 Å². The van der Waals surface area contributed by atoms with Crippen molar-refractivity contribution in [3.05, 3.63) is 48.2 Å². The lowest BCUT2D eigenvalue weighted by molar-refractivity contribution is 0.586. The topological polar surface area (TPSA) is 80.1 Å². The van der Waals surface area contributed by atoms with E-state index in [1.54, 1.807) is 36.6 Å². The summed E-state index contributed by atoms with van der Waals surface area (Å²) in [6, 6.07) is 6.42. The minimum atomic E-state index is -3.33. The number of anilines is 2. The summed E-state index contributed by atoms with van der Waals surface area (Å²) >= 11 is 0. The molecule has 2 aromatic heterocycles. The van der Waals surface area contributed by atoms with E-state index in [2.05, 4.69) is 14.7 Å². The van der Waals surface area contributed by atoms with Gasteiger partial charge in [0, 0.05) is 26.7 Å². The first-order chi connectivity index (χ1) is 11.7. The molecule has 0 atom stereocenters. The van der Waals surface area contributed by atoms with Crippen molar-refractivity contribution in [3.63, 3.8) is 0 Å². The average Bonchev–Trinajstić information content (AvgIpc) is 2.92. The predicted octanol–water partition coefficient (Wildman–Crippen LogP) is 1.92. The lowest BCUT2D eigenvalue weighted by atomic mass is 10.2. The lowest BCUT2D eigenvalue weighted by Crippen LogP contribution is -2.21. The molecule has 0 radical (unpaired) electrons. The van der Waals surface area contributed by atoms with E-state index < -0.39 is 15.8 Å². The smallest absolute Gasteiger partial charge is 0.209 e. The molecule has 1 N–H and O–H groups in total. The SMILES string of the molecule is CN(c1cc2c(cn1)ncn2C)c1ccc(CNS(C)(=O)=O)cc1F. The van der Waals surface area contributed by atoms with E-state index in [1.807, 2.05) is 17.7 Å². The Labute approximate surface area is 145 Å². The van der Waals surface area contributed by atoms with Crippen LogP contribution in [0.4, 0.5) is 15.9 Å². The molecule has 0 fully saturated rings. The highest BCUT2D eigenvalue weighted by molar-refractivity contribution is 7.88. The molecule has 0 aliphatic rings. The fourth-order valence-electron chi connectivity index (χ4n) is 2.47. The van der Waals surface area contributed by atoms with Crippen molar-refractivity contribution in [1.82, 2.24) is 19.3 Å². The first-order valence-electron chi connectivity index (χ1n) is 7.48. The highest BCUT2D eigenvalue weighted by atomic mass is 32.2. The number of nitrogens with one attached hydrogen (secondary N) is 1. The van der Waals surface area contributed by atoms with Crippen LogP contribution in [-0.4, -0.2) is 36.3 Å². The molecule has 2 heterocycles. The van der Waals surface area contributed by atoms with Crippen molar-refractivity contribution < 1.29 is 12.8 Å². The Balaban J connectivity index is 1.88. The van der Waals surface area contributed by atoms with Crippen LogP contribution in [0.25, 0.3) is 11.0 Å². The van der Waals surface area contributed by atoms with E-state index >= 15 is 0 Å². The molecule has 132 valence electrons. The van der Waals surface area contributed by atoms with Crippen LogP contribution < -0.4 is 9.62 Å². The number of sulfonamides is 1. The zero-order chi connectivity index (χ0) is 18.2. The third kappa shape index (κ3) is 3.77. The van der Waals surface area contributed by atoms with Crippen molar-refractivity contribution in [2.45, 2.75) is 6.54 Å². The van der Waals surface area contributed by atoms with Crippen LogP contribution in [0.3, 0.4) is 0 Å². The van der Waals surface area contributed by atoms with Gasteiger partial charge < -0.3 is 9.47 Å². The molecule has 0 aliphatic heterocycles. The fourth-order valence-corrected chi connectivity index (χ4v) is 2.90. The van der Waals surface area contributed by atoms with Crippen LogP contribution in [0.1, 0.15) is 5.56 Å². The van der Waals surface area contributed by atoms with Crippen LogP contribution >= 0.6 is 0 Å². The molecular weight excluding hydrogens is 345 g/mol. The van der Waals surface area contributed by atoms with Crippen molar-refractivity contribution in [2.75, 3.05) is 18.2 Å². The maximum atomic E-state index is 14.5. The monoisotopic (exact) mass is 363 g/mol. The van der Waals surface area contributed by atoms with Gasteiger partial charge in [0.2, 0.25) is 10.0 Å². The van der Waals surface area contributed by atoms with E-state index in [9.17, 15) is 12.8 Å². The van der Waals surface area contributed by atoms with E-state index in [-0.39, 0.29) is 6.54 Å². The summed E-state index contributed by atoms with van der Waals surface area (Å²) in [5, 5.41) is 0. The Hall–Kier alpha value is -2.52. The third-order valence-electron chi connectivity index (χ3n) is 3.85. The summed E-state index contributed by atoms with van der Waals surface area (Å²) in [5.74, 6) is 0.124. The van der Waals surface area contributed by atoms with Crippen molar-refractivity contribution in [1.29, 1.82) is 0 Å². The molecule has 7 nitrogen and oxygen atoms in total. The Morgan fingerprint density at radius 2 is 2.04 bits per heavy atom. The Morgan fingerprint density at radius 1 is 1.28 bits per heavy atom. The van der Waals surface area contributed by atoms with Gasteiger partial charge in [-0.25, -0.2) is 27.5 Å². The summed E-state index contributed by atoms with van der Waals surface area (Å²) in [7, 11) is 0.273. The minimum absolute atomic E-state index is 0.0407. The summed E-state index contributed by atoms with van der Waals surface area (Å²) in [4.78, 5) is 10.2. The lowest BCUT2D eigenvalue weighted by Gasteiger charge is -2.19. The molecule has 3 rings (SSSR count). The summed E-state index contributed by atoms with van der Waals surface area (Å²) in [6.45, 7) is 0.0407. The van der Waals surface area contributed by atoms with Gasteiger partial charge in [-0.1, -0.05) is 6.07 Å². The molecule has 0 amide bonds. The standard InChI is InChI=1S/C16H18FN5O2S/c1-21-10-19-13-9-18-16(7-15(13)21)22(2)14-5-4-11(6-12(14)17)8-20-25(3,23)24/h4-7,9-10,20H,8H2,1-3H3. The number of hydrogen-bond acceptors (Lipinski definition) is 5. The number of rotatable bonds is 5. The second-order valence-electron chi connectivity index (χ2n) is 5.82. The molecule has 1 aromatic carbocycles. The molecule has 0 unspecified atom stereocenters. The van der Waals surface area contributed by atoms with Crippen molar-refractivity contribution in [2.24, 2.45) is 7.05 Å². The van der Waals surface area contributed by atoms with Crippen LogP contribution in [0, 0.1) is 5.82 Å². The number of aryl methyl sites for hydroxylation is 1. The minimum Gasteiger partial charge on any atom is -0.334 e. The number of pyridine rings is 1. The van der Waals surface area contributed by atoms with Crippen molar-refractivity contribution in [3.8, 4) is 0 Å². The van der Waals surface area contributed by atoms with Crippen LogP contribution in [0.5, 0.6) is 0 Å². The van der Waals surface area contributed by atoms with E-state index in [1.165, 1.54) is 6.07 Å². The zero-order valence-corrected chi connectivity index (χ0v) is 14.9. The first kappa shape index (κ1) is 17.3. The fraction of sp³-hybridized carbons (Fsp3) is 0.250.